The Labute approximate surface area is 112 Å². The van der Waals surface area contributed by atoms with E-state index in [1.54, 1.807) is 0 Å². The van der Waals surface area contributed by atoms with Crippen molar-refractivity contribution < 1.29 is 5.11 Å². The van der Waals surface area contributed by atoms with Gasteiger partial charge in [-0.2, -0.15) is 0 Å². The standard InChI is InChI=1S/C17H15NO/c1-12-6-2-4-8-15(12)17-14(11-19)10-13-7-3-5-9-16(13)18-17/h2-10,19H,11H2,1H3. The lowest BCUT2D eigenvalue weighted by Crippen LogP contribution is -1.96. The quantitative estimate of drug-likeness (QED) is 0.751. The van der Waals surface area contributed by atoms with Crippen molar-refractivity contribution in [2.24, 2.45) is 0 Å². The summed E-state index contributed by atoms with van der Waals surface area (Å²) in [6.45, 7) is 2.06. The Hall–Kier alpha value is -2.19. The summed E-state index contributed by atoms with van der Waals surface area (Å²) in [6, 6.07) is 18.1. The second kappa shape index (κ2) is 4.82. The first-order chi connectivity index (χ1) is 9.29. The maximum Gasteiger partial charge on any atom is 0.0767 e. The van der Waals surface area contributed by atoms with Crippen LogP contribution >= 0.6 is 0 Å². The molecule has 0 unspecified atom stereocenters. The number of pyridine rings is 1. The predicted octanol–water partition coefficient (Wildman–Crippen LogP) is 3.70. The number of rotatable bonds is 2. The molecule has 1 heterocycles. The molecule has 2 aromatic carbocycles. The minimum Gasteiger partial charge on any atom is -0.392 e. The number of hydrogen-bond donors (Lipinski definition) is 1. The third kappa shape index (κ3) is 2.11. The minimum atomic E-state index is 0.00149. The molecule has 0 spiro atoms. The number of fused-ring (bicyclic) bond motifs is 1. The molecule has 0 aliphatic heterocycles. The Morgan fingerprint density at radius 1 is 1.00 bits per heavy atom. The molecular formula is C17H15NO. The number of hydrogen-bond acceptors (Lipinski definition) is 2. The normalized spacial score (nSPS) is 10.8. The van der Waals surface area contributed by atoms with Crippen LogP contribution in [-0.2, 0) is 6.61 Å². The van der Waals surface area contributed by atoms with Gasteiger partial charge in [0.1, 0.15) is 0 Å². The number of aryl methyl sites for hydroxylation is 1. The van der Waals surface area contributed by atoms with Crippen LogP contribution in [0, 0.1) is 6.92 Å². The van der Waals surface area contributed by atoms with Crippen molar-refractivity contribution in [2.45, 2.75) is 13.5 Å². The van der Waals surface area contributed by atoms with Crippen molar-refractivity contribution >= 4 is 10.9 Å². The van der Waals surface area contributed by atoms with Gasteiger partial charge in [-0.15, -0.1) is 0 Å². The van der Waals surface area contributed by atoms with Crippen molar-refractivity contribution in [3.63, 3.8) is 0 Å². The van der Waals surface area contributed by atoms with Crippen molar-refractivity contribution in [1.29, 1.82) is 0 Å². The fourth-order valence-electron chi connectivity index (χ4n) is 2.35. The number of aliphatic hydroxyl groups is 1. The van der Waals surface area contributed by atoms with Crippen LogP contribution < -0.4 is 0 Å². The van der Waals surface area contributed by atoms with Crippen LogP contribution in [0.3, 0.4) is 0 Å². The fourth-order valence-corrected chi connectivity index (χ4v) is 2.35. The molecule has 0 fully saturated rings. The molecule has 0 aliphatic carbocycles. The second-order valence-corrected chi connectivity index (χ2v) is 4.66. The third-order valence-corrected chi connectivity index (χ3v) is 3.37. The monoisotopic (exact) mass is 249 g/mol. The molecule has 0 aliphatic rings. The number of aliphatic hydroxyl groups excluding tert-OH is 1. The molecule has 0 radical (unpaired) electrons. The average molecular weight is 249 g/mol. The van der Waals surface area contributed by atoms with E-state index in [0.717, 1.165) is 27.7 Å². The zero-order valence-corrected chi connectivity index (χ0v) is 10.8. The lowest BCUT2D eigenvalue weighted by Gasteiger charge is -2.11. The summed E-state index contributed by atoms with van der Waals surface area (Å²) in [6.07, 6.45) is 0. The Morgan fingerprint density at radius 3 is 2.53 bits per heavy atom. The Bertz CT molecular complexity index is 734. The van der Waals surface area contributed by atoms with E-state index in [-0.39, 0.29) is 6.61 Å². The summed E-state index contributed by atoms with van der Waals surface area (Å²) < 4.78 is 0. The number of benzene rings is 2. The third-order valence-electron chi connectivity index (χ3n) is 3.37. The zero-order valence-electron chi connectivity index (χ0n) is 10.8. The van der Waals surface area contributed by atoms with Crippen LogP contribution in [0.15, 0.2) is 54.6 Å². The smallest absolute Gasteiger partial charge is 0.0767 e. The highest BCUT2D eigenvalue weighted by atomic mass is 16.3. The van der Waals surface area contributed by atoms with Gasteiger partial charge in [0.2, 0.25) is 0 Å². The van der Waals surface area contributed by atoms with Gasteiger partial charge in [-0.05, 0) is 24.6 Å². The van der Waals surface area contributed by atoms with E-state index in [0.29, 0.717) is 0 Å². The molecule has 19 heavy (non-hydrogen) atoms. The maximum absolute atomic E-state index is 9.59. The molecule has 94 valence electrons. The van der Waals surface area contributed by atoms with E-state index in [4.69, 9.17) is 4.98 Å². The molecule has 1 aromatic heterocycles. The molecule has 3 rings (SSSR count). The first kappa shape index (κ1) is 11.9. The summed E-state index contributed by atoms with van der Waals surface area (Å²) in [5, 5.41) is 10.6. The van der Waals surface area contributed by atoms with Crippen molar-refractivity contribution in [3.8, 4) is 11.3 Å². The topological polar surface area (TPSA) is 33.1 Å². The summed E-state index contributed by atoms with van der Waals surface area (Å²) in [7, 11) is 0. The van der Waals surface area contributed by atoms with Crippen LogP contribution in [0.1, 0.15) is 11.1 Å². The molecular weight excluding hydrogens is 234 g/mol. The van der Waals surface area contributed by atoms with E-state index in [2.05, 4.69) is 13.0 Å². The van der Waals surface area contributed by atoms with Gasteiger partial charge in [0.25, 0.3) is 0 Å². The number of aromatic nitrogens is 1. The van der Waals surface area contributed by atoms with Crippen molar-refractivity contribution in [3.05, 3.63) is 65.7 Å². The Morgan fingerprint density at radius 2 is 1.74 bits per heavy atom. The summed E-state index contributed by atoms with van der Waals surface area (Å²) in [5.74, 6) is 0. The summed E-state index contributed by atoms with van der Waals surface area (Å²) in [5.41, 5.74) is 4.95. The van der Waals surface area contributed by atoms with E-state index in [1.165, 1.54) is 5.56 Å². The molecule has 2 nitrogen and oxygen atoms in total. The van der Waals surface area contributed by atoms with E-state index in [1.807, 2.05) is 48.5 Å². The summed E-state index contributed by atoms with van der Waals surface area (Å²) in [4.78, 5) is 4.72. The van der Waals surface area contributed by atoms with Crippen molar-refractivity contribution in [1.82, 2.24) is 4.98 Å². The van der Waals surface area contributed by atoms with Crippen molar-refractivity contribution in [2.75, 3.05) is 0 Å². The molecule has 3 aromatic rings. The van der Waals surface area contributed by atoms with Gasteiger partial charge in [-0.1, -0.05) is 42.5 Å². The fraction of sp³-hybridized carbons (Fsp3) is 0.118. The predicted molar refractivity (Wildman–Crippen MR) is 77.8 cm³/mol. The lowest BCUT2D eigenvalue weighted by molar-refractivity contribution is 0.282. The highest BCUT2D eigenvalue weighted by Crippen LogP contribution is 2.27. The lowest BCUT2D eigenvalue weighted by atomic mass is 10.00. The van der Waals surface area contributed by atoms with Crippen LogP contribution in [0.4, 0.5) is 0 Å². The number of para-hydroxylation sites is 1. The summed E-state index contributed by atoms with van der Waals surface area (Å²) >= 11 is 0. The van der Waals surface area contributed by atoms with E-state index in [9.17, 15) is 5.11 Å². The molecule has 1 N–H and O–H groups in total. The molecule has 0 saturated carbocycles. The first-order valence-electron chi connectivity index (χ1n) is 6.35. The van der Waals surface area contributed by atoms with Crippen LogP contribution in [0.5, 0.6) is 0 Å². The van der Waals surface area contributed by atoms with Crippen LogP contribution in [0.2, 0.25) is 0 Å². The molecule has 0 amide bonds. The van der Waals surface area contributed by atoms with E-state index < -0.39 is 0 Å². The maximum atomic E-state index is 9.59. The highest BCUT2D eigenvalue weighted by molar-refractivity contribution is 5.83. The molecule has 0 atom stereocenters. The van der Waals surface area contributed by atoms with Gasteiger partial charge >= 0.3 is 0 Å². The minimum absolute atomic E-state index is 0.00149. The number of nitrogens with zero attached hydrogens (tertiary/aromatic N) is 1. The second-order valence-electron chi connectivity index (χ2n) is 4.66. The average Bonchev–Trinajstić information content (AvgIpc) is 2.46. The van der Waals surface area contributed by atoms with Crippen LogP contribution in [-0.4, -0.2) is 10.1 Å². The highest BCUT2D eigenvalue weighted by Gasteiger charge is 2.10. The van der Waals surface area contributed by atoms with Gasteiger partial charge in [0.05, 0.1) is 17.8 Å². The SMILES string of the molecule is Cc1ccccc1-c1nc2ccccc2cc1CO. The Kier molecular flexibility index (Phi) is 3.02. The van der Waals surface area contributed by atoms with E-state index >= 15 is 0 Å². The van der Waals surface area contributed by atoms with Gasteiger partial charge in [0.15, 0.2) is 0 Å². The van der Waals surface area contributed by atoms with Gasteiger partial charge < -0.3 is 5.11 Å². The molecule has 2 heteroatoms. The largest absolute Gasteiger partial charge is 0.392 e. The van der Waals surface area contributed by atoms with Gasteiger partial charge in [-0.25, -0.2) is 4.98 Å². The zero-order chi connectivity index (χ0) is 13.2. The van der Waals surface area contributed by atoms with Gasteiger partial charge in [0, 0.05) is 16.5 Å². The van der Waals surface area contributed by atoms with Crippen LogP contribution in [0.25, 0.3) is 22.2 Å². The Balaban J connectivity index is 2.31. The molecule has 0 bridgehead atoms. The first-order valence-corrected chi connectivity index (χ1v) is 6.35. The van der Waals surface area contributed by atoms with Gasteiger partial charge in [-0.3, -0.25) is 0 Å². The molecule has 0 saturated heterocycles.